The van der Waals surface area contributed by atoms with Crippen LogP contribution in [0.2, 0.25) is 0 Å². The van der Waals surface area contributed by atoms with E-state index >= 15 is 0 Å². The zero-order chi connectivity index (χ0) is 13.7. The highest BCUT2D eigenvalue weighted by Gasteiger charge is 2.21. The fraction of sp³-hybridized carbons (Fsp3) is 0.222. The Morgan fingerprint density at radius 2 is 1.37 bits per heavy atom. The first-order valence-electron chi connectivity index (χ1n) is 6.68. The lowest BCUT2D eigenvalue weighted by atomic mass is 9.83. The topological polar surface area (TPSA) is 26.0 Å². The minimum atomic E-state index is 0.0577. The van der Waals surface area contributed by atoms with Crippen LogP contribution in [0.25, 0.3) is 0 Å². The predicted octanol–water partition coefficient (Wildman–Crippen LogP) is 4.11. The maximum atomic E-state index is 6.42. The van der Waals surface area contributed by atoms with Crippen LogP contribution in [0.5, 0.6) is 0 Å². The van der Waals surface area contributed by atoms with Gasteiger partial charge in [0.25, 0.3) is 0 Å². The molecule has 1 heteroatoms. The number of hydrogen-bond donors (Lipinski definition) is 1. The van der Waals surface area contributed by atoms with E-state index in [1.54, 1.807) is 0 Å². The van der Waals surface area contributed by atoms with Crippen molar-refractivity contribution in [3.63, 3.8) is 0 Å². The highest BCUT2D eigenvalue weighted by Crippen LogP contribution is 2.29. The standard InChI is InChI=1S/C18H21N/c1-14(2)13-17(19)18(15-9-5-3-6-10-15)16-11-7-4-8-12-16/h3-12,17-18H,1,13,19H2,2H3. The van der Waals surface area contributed by atoms with Crippen LogP contribution in [-0.2, 0) is 0 Å². The Balaban J connectivity index is 2.37. The average Bonchev–Trinajstić information content (AvgIpc) is 2.40. The van der Waals surface area contributed by atoms with Gasteiger partial charge in [-0.15, -0.1) is 6.58 Å². The van der Waals surface area contributed by atoms with E-state index in [1.807, 2.05) is 19.1 Å². The van der Waals surface area contributed by atoms with Gasteiger partial charge in [0.1, 0.15) is 0 Å². The third-order valence-corrected chi connectivity index (χ3v) is 3.33. The Kier molecular flexibility index (Phi) is 4.53. The molecule has 1 nitrogen and oxygen atoms in total. The average molecular weight is 251 g/mol. The van der Waals surface area contributed by atoms with E-state index in [-0.39, 0.29) is 12.0 Å². The second-order valence-corrected chi connectivity index (χ2v) is 5.12. The second kappa shape index (κ2) is 6.35. The molecule has 0 aromatic heterocycles. The quantitative estimate of drug-likeness (QED) is 0.795. The molecule has 0 amide bonds. The lowest BCUT2D eigenvalue weighted by Gasteiger charge is -2.25. The molecule has 98 valence electrons. The van der Waals surface area contributed by atoms with Gasteiger partial charge in [-0.1, -0.05) is 66.2 Å². The molecule has 2 aromatic rings. The lowest BCUT2D eigenvalue weighted by molar-refractivity contribution is 0.588. The Bertz CT molecular complexity index is 476. The third-order valence-electron chi connectivity index (χ3n) is 3.33. The zero-order valence-corrected chi connectivity index (χ0v) is 11.4. The van der Waals surface area contributed by atoms with Crippen LogP contribution in [0, 0.1) is 0 Å². The first-order valence-corrected chi connectivity index (χ1v) is 6.68. The van der Waals surface area contributed by atoms with Gasteiger partial charge in [0, 0.05) is 12.0 Å². The van der Waals surface area contributed by atoms with E-state index in [0.717, 1.165) is 12.0 Å². The van der Waals surface area contributed by atoms with Crippen molar-refractivity contribution in [1.29, 1.82) is 0 Å². The minimum Gasteiger partial charge on any atom is -0.327 e. The van der Waals surface area contributed by atoms with Crippen LogP contribution in [0.3, 0.4) is 0 Å². The van der Waals surface area contributed by atoms with Crippen molar-refractivity contribution in [2.45, 2.75) is 25.3 Å². The first kappa shape index (κ1) is 13.6. The Hall–Kier alpha value is -1.86. The summed E-state index contributed by atoms with van der Waals surface area (Å²) in [6.45, 7) is 6.02. The Morgan fingerprint density at radius 3 is 1.74 bits per heavy atom. The summed E-state index contributed by atoms with van der Waals surface area (Å²) in [6, 6.07) is 21.0. The van der Waals surface area contributed by atoms with Crippen molar-refractivity contribution >= 4 is 0 Å². The summed E-state index contributed by atoms with van der Waals surface area (Å²) in [5.74, 6) is 0.221. The highest BCUT2D eigenvalue weighted by atomic mass is 14.6. The molecule has 1 atom stereocenters. The van der Waals surface area contributed by atoms with Crippen molar-refractivity contribution < 1.29 is 0 Å². The van der Waals surface area contributed by atoms with Crippen LogP contribution in [0.1, 0.15) is 30.4 Å². The molecule has 0 saturated heterocycles. The molecule has 0 aliphatic rings. The van der Waals surface area contributed by atoms with Crippen LogP contribution in [0.15, 0.2) is 72.8 Å². The van der Waals surface area contributed by atoms with E-state index in [1.165, 1.54) is 11.1 Å². The molecule has 19 heavy (non-hydrogen) atoms. The van der Waals surface area contributed by atoms with E-state index < -0.39 is 0 Å². The predicted molar refractivity (Wildman–Crippen MR) is 82.1 cm³/mol. The summed E-state index contributed by atoms with van der Waals surface area (Å²) >= 11 is 0. The van der Waals surface area contributed by atoms with Gasteiger partial charge >= 0.3 is 0 Å². The molecule has 0 bridgehead atoms. The van der Waals surface area contributed by atoms with Gasteiger partial charge in [-0.05, 0) is 24.5 Å². The molecule has 0 fully saturated rings. The molecule has 0 saturated carbocycles. The number of benzene rings is 2. The molecule has 2 aromatic carbocycles. The summed E-state index contributed by atoms with van der Waals surface area (Å²) in [4.78, 5) is 0. The van der Waals surface area contributed by atoms with Gasteiger partial charge in [0.05, 0.1) is 0 Å². The van der Waals surface area contributed by atoms with Gasteiger partial charge in [-0.25, -0.2) is 0 Å². The fourth-order valence-corrected chi connectivity index (χ4v) is 2.53. The number of rotatable bonds is 5. The lowest BCUT2D eigenvalue weighted by Crippen LogP contribution is -2.29. The molecule has 0 heterocycles. The third kappa shape index (κ3) is 3.55. The van der Waals surface area contributed by atoms with Crippen LogP contribution in [0.4, 0.5) is 0 Å². The SMILES string of the molecule is C=C(C)CC(N)C(c1ccccc1)c1ccccc1. The molecular formula is C18H21N. The van der Waals surface area contributed by atoms with Crippen molar-refractivity contribution in [2.24, 2.45) is 5.73 Å². The highest BCUT2D eigenvalue weighted by molar-refractivity contribution is 5.34. The summed E-state index contributed by atoms with van der Waals surface area (Å²) in [6.07, 6.45) is 0.842. The maximum absolute atomic E-state index is 6.42. The van der Waals surface area contributed by atoms with Crippen molar-refractivity contribution in [3.05, 3.63) is 83.9 Å². The van der Waals surface area contributed by atoms with E-state index in [9.17, 15) is 0 Å². The van der Waals surface area contributed by atoms with Crippen LogP contribution < -0.4 is 5.73 Å². The van der Waals surface area contributed by atoms with E-state index in [4.69, 9.17) is 5.73 Å². The van der Waals surface area contributed by atoms with Crippen molar-refractivity contribution in [2.75, 3.05) is 0 Å². The summed E-state index contributed by atoms with van der Waals surface area (Å²) in [5.41, 5.74) is 10.1. The molecule has 2 N–H and O–H groups in total. The zero-order valence-electron chi connectivity index (χ0n) is 11.4. The molecule has 1 unspecified atom stereocenters. The normalized spacial score (nSPS) is 12.4. The van der Waals surface area contributed by atoms with E-state index in [0.29, 0.717) is 0 Å². The smallest absolute Gasteiger partial charge is 0.0244 e. The molecule has 2 rings (SSSR count). The largest absolute Gasteiger partial charge is 0.327 e. The van der Waals surface area contributed by atoms with Crippen molar-refractivity contribution in [1.82, 2.24) is 0 Å². The molecule has 0 aliphatic heterocycles. The molecule has 0 aliphatic carbocycles. The van der Waals surface area contributed by atoms with Crippen molar-refractivity contribution in [3.8, 4) is 0 Å². The van der Waals surface area contributed by atoms with Crippen LogP contribution in [-0.4, -0.2) is 6.04 Å². The van der Waals surface area contributed by atoms with E-state index in [2.05, 4.69) is 55.1 Å². The summed E-state index contributed by atoms with van der Waals surface area (Å²) < 4.78 is 0. The molecular weight excluding hydrogens is 230 g/mol. The Labute approximate surface area is 115 Å². The summed E-state index contributed by atoms with van der Waals surface area (Å²) in [7, 11) is 0. The molecule has 0 radical (unpaired) electrons. The molecule has 0 spiro atoms. The summed E-state index contributed by atoms with van der Waals surface area (Å²) in [5, 5.41) is 0. The first-order chi connectivity index (χ1) is 9.18. The van der Waals surface area contributed by atoms with Gasteiger partial charge in [0.2, 0.25) is 0 Å². The van der Waals surface area contributed by atoms with Gasteiger partial charge < -0.3 is 5.73 Å². The monoisotopic (exact) mass is 251 g/mol. The maximum Gasteiger partial charge on any atom is 0.0244 e. The van der Waals surface area contributed by atoms with Gasteiger partial charge in [0.15, 0.2) is 0 Å². The van der Waals surface area contributed by atoms with Gasteiger partial charge in [-0.3, -0.25) is 0 Å². The number of hydrogen-bond acceptors (Lipinski definition) is 1. The number of nitrogens with two attached hydrogens (primary N) is 1. The second-order valence-electron chi connectivity index (χ2n) is 5.12. The fourth-order valence-electron chi connectivity index (χ4n) is 2.53. The van der Waals surface area contributed by atoms with Gasteiger partial charge in [-0.2, -0.15) is 0 Å². The van der Waals surface area contributed by atoms with Crippen LogP contribution >= 0.6 is 0 Å². The minimum absolute atomic E-state index is 0.0577. The Morgan fingerprint density at radius 1 is 0.947 bits per heavy atom.